The van der Waals surface area contributed by atoms with Gasteiger partial charge >= 0.3 is 6.18 Å². The molecule has 0 aliphatic carbocycles. The molecule has 0 saturated heterocycles. The summed E-state index contributed by atoms with van der Waals surface area (Å²) in [5, 5.41) is 3.06. The Morgan fingerprint density at radius 2 is 1.67 bits per heavy atom. The lowest BCUT2D eigenvalue weighted by Gasteiger charge is -2.13. The van der Waals surface area contributed by atoms with Crippen molar-refractivity contribution in [3.05, 3.63) is 69.2 Å². The summed E-state index contributed by atoms with van der Waals surface area (Å²) in [4.78, 5) is 0. The van der Waals surface area contributed by atoms with Crippen molar-refractivity contribution < 1.29 is 13.2 Å². The van der Waals surface area contributed by atoms with Crippen molar-refractivity contribution >= 4 is 15.9 Å². The molecule has 0 saturated carbocycles. The van der Waals surface area contributed by atoms with Crippen molar-refractivity contribution in [1.82, 2.24) is 5.32 Å². The van der Waals surface area contributed by atoms with Crippen LogP contribution in [0.2, 0.25) is 0 Å². The quantitative estimate of drug-likeness (QED) is 0.805. The van der Waals surface area contributed by atoms with Crippen LogP contribution in [0.3, 0.4) is 0 Å². The molecule has 2 aromatic carbocycles. The predicted molar refractivity (Wildman–Crippen MR) is 80.9 cm³/mol. The Kier molecular flexibility index (Phi) is 5.06. The Morgan fingerprint density at radius 1 is 1.00 bits per heavy atom. The molecule has 5 heteroatoms. The normalized spacial score (nSPS) is 11.7. The van der Waals surface area contributed by atoms with E-state index in [1.807, 2.05) is 25.1 Å². The van der Waals surface area contributed by atoms with Crippen LogP contribution in [0.25, 0.3) is 0 Å². The van der Waals surface area contributed by atoms with Gasteiger partial charge < -0.3 is 5.32 Å². The number of hydrogen-bond acceptors (Lipinski definition) is 1. The van der Waals surface area contributed by atoms with Gasteiger partial charge in [0, 0.05) is 17.6 Å². The fraction of sp³-hybridized carbons (Fsp3) is 0.250. The summed E-state index contributed by atoms with van der Waals surface area (Å²) < 4.78 is 39.6. The van der Waals surface area contributed by atoms with Crippen LogP contribution in [0.1, 0.15) is 22.3 Å². The van der Waals surface area contributed by atoms with Gasteiger partial charge in [-0.05, 0) is 35.7 Å². The Bertz CT molecular complexity index is 623. The van der Waals surface area contributed by atoms with E-state index in [2.05, 4.69) is 21.2 Å². The van der Waals surface area contributed by atoms with E-state index in [9.17, 15) is 13.2 Å². The molecule has 0 atom stereocenters. The third-order valence-corrected chi connectivity index (χ3v) is 3.90. The Balaban J connectivity index is 2.04. The van der Waals surface area contributed by atoms with E-state index in [1.165, 1.54) is 12.1 Å². The average Bonchev–Trinajstić information content (AvgIpc) is 2.41. The topological polar surface area (TPSA) is 12.0 Å². The summed E-state index contributed by atoms with van der Waals surface area (Å²) in [6, 6.07) is 11.6. The molecule has 1 N–H and O–H groups in total. The summed E-state index contributed by atoms with van der Waals surface area (Å²) in [5.41, 5.74) is 1.83. The van der Waals surface area contributed by atoms with Crippen molar-refractivity contribution in [2.75, 3.05) is 0 Å². The number of hydrogen-bond donors (Lipinski definition) is 1. The van der Waals surface area contributed by atoms with Crippen molar-refractivity contribution in [3.63, 3.8) is 0 Å². The highest BCUT2D eigenvalue weighted by atomic mass is 79.9. The first-order valence-corrected chi connectivity index (χ1v) is 7.28. The Hall–Kier alpha value is -1.33. The highest BCUT2D eigenvalue weighted by molar-refractivity contribution is 9.10. The molecule has 0 aromatic heterocycles. The molecule has 0 spiro atoms. The van der Waals surface area contributed by atoms with Crippen LogP contribution in [-0.4, -0.2) is 0 Å². The van der Waals surface area contributed by atoms with Gasteiger partial charge in [0.2, 0.25) is 0 Å². The first kappa shape index (κ1) is 16.0. The second-order valence-electron chi connectivity index (χ2n) is 4.85. The number of aryl methyl sites for hydroxylation is 1. The van der Waals surface area contributed by atoms with E-state index < -0.39 is 11.7 Å². The van der Waals surface area contributed by atoms with Crippen LogP contribution >= 0.6 is 15.9 Å². The van der Waals surface area contributed by atoms with E-state index in [4.69, 9.17) is 0 Å². The smallest absolute Gasteiger partial charge is 0.309 e. The van der Waals surface area contributed by atoms with Gasteiger partial charge in [-0.2, -0.15) is 13.2 Å². The van der Waals surface area contributed by atoms with Crippen LogP contribution in [0.5, 0.6) is 0 Å². The van der Waals surface area contributed by atoms with Gasteiger partial charge in [0.15, 0.2) is 0 Å². The number of rotatable bonds is 4. The molecular formula is C16H15BrF3N. The van der Waals surface area contributed by atoms with Crippen LogP contribution in [0, 0.1) is 6.92 Å². The second kappa shape index (κ2) is 6.62. The minimum Gasteiger partial charge on any atom is -0.309 e. The fourth-order valence-corrected chi connectivity index (χ4v) is 2.71. The van der Waals surface area contributed by atoms with Gasteiger partial charge in [0.05, 0.1) is 5.56 Å². The first-order chi connectivity index (χ1) is 9.88. The monoisotopic (exact) mass is 357 g/mol. The molecule has 112 valence electrons. The molecule has 0 heterocycles. The van der Waals surface area contributed by atoms with E-state index >= 15 is 0 Å². The molecule has 0 aliphatic heterocycles. The number of benzene rings is 2. The molecule has 0 fully saturated rings. The van der Waals surface area contributed by atoms with Gasteiger partial charge in [-0.1, -0.05) is 46.3 Å². The minimum absolute atomic E-state index is 0.177. The van der Waals surface area contributed by atoms with E-state index in [1.54, 1.807) is 6.07 Å². The second-order valence-corrected chi connectivity index (χ2v) is 5.71. The van der Waals surface area contributed by atoms with E-state index in [0.29, 0.717) is 6.54 Å². The van der Waals surface area contributed by atoms with Crippen molar-refractivity contribution in [2.45, 2.75) is 26.2 Å². The molecule has 2 rings (SSSR count). The lowest BCUT2D eigenvalue weighted by molar-refractivity contribution is -0.138. The molecule has 21 heavy (non-hydrogen) atoms. The Labute approximate surface area is 130 Å². The maximum Gasteiger partial charge on any atom is 0.416 e. The summed E-state index contributed by atoms with van der Waals surface area (Å²) in [6.45, 7) is 2.67. The standard InChI is InChI=1S/C16H15BrF3N/c1-11-6-7-13(15(17)8-11)10-21-9-12-4-2-3-5-14(12)16(18,19)20/h2-8,21H,9-10H2,1H3. The third-order valence-electron chi connectivity index (χ3n) is 3.16. The van der Waals surface area contributed by atoms with Crippen molar-refractivity contribution in [1.29, 1.82) is 0 Å². The maximum atomic E-state index is 12.9. The molecule has 0 amide bonds. The van der Waals surface area contributed by atoms with E-state index in [-0.39, 0.29) is 12.1 Å². The largest absolute Gasteiger partial charge is 0.416 e. The van der Waals surface area contributed by atoms with Gasteiger partial charge in [0.1, 0.15) is 0 Å². The molecule has 0 unspecified atom stereocenters. The minimum atomic E-state index is -4.32. The zero-order valence-electron chi connectivity index (χ0n) is 11.5. The van der Waals surface area contributed by atoms with Gasteiger partial charge in [-0.3, -0.25) is 0 Å². The first-order valence-electron chi connectivity index (χ1n) is 6.49. The maximum absolute atomic E-state index is 12.9. The number of halogens is 4. The van der Waals surface area contributed by atoms with Crippen LogP contribution in [0.4, 0.5) is 13.2 Å². The van der Waals surface area contributed by atoms with Crippen LogP contribution in [0.15, 0.2) is 46.9 Å². The molecule has 1 nitrogen and oxygen atoms in total. The highest BCUT2D eigenvalue weighted by Gasteiger charge is 2.32. The predicted octanol–water partition coefficient (Wildman–Crippen LogP) is 5.07. The van der Waals surface area contributed by atoms with E-state index in [0.717, 1.165) is 21.7 Å². The molecule has 0 bridgehead atoms. The number of alkyl halides is 3. The van der Waals surface area contributed by atoms with Crippen molar-refractivity contribution in [2.24, 2.45) is 0 Å². The lowest BCUT2D eigenvalue weighted by Crippen LogP contribution is -2.17. The molecular weight excluding hydrogens is 343 g/mol. The van der Waals surface area contributed by atoms with Crippen LogP contribution < -0.4 is 5.32 Å². The SMILES string of the molecule is Cc1ccc(CNCc2ccccc2C(F)(F)F)c(Br)c1. The fourth-order valence-electron chi connectivity index (χ4n) is 2.08. The summed E-state index contributed by atoms with van der Waals surface area (Å²) in [5.74, 6) is 0. The van der Waals surface area contributed by atoms with Gasteiger partial charge in [-0.15, -0.1) is 0 Å². The zero-order valence-corrected chi connectivity index (χ0v) is 13.1. The summed E-state index contributed by atoms with van der Waals surface area (Å²) in [7, 11) is 0. The number of nitrogens with one attached hydrogen (secondary N) is 1. The lowest BCUT2D eigenvalue weighted by atomic mass is 10.1. The average molecular weight is 358 g/mol. The van der Waals surface area contributed by atoms with Gasteiger partial charge in [-0.25, -0.2) is 0 Å². The molecule has 0 radical (unpaired) electrons. The van der Waals surface area contributed by atoms with Crippen LogP contribution in [-0.2, 0) is 19.3 Å². The van der Waals surface area contributed by atoms with Crippen molar-refractivity contribution in [3.8, 4) is 0 Å². The molecule has 0 aliphatic rings. The summed E-state index contributed by atoms with van der Waals surface area (Å²) >= 11 is 3.46. The third kappa shape index (κ3) is 4.32. The molecule has 2 aromatic rings. The highest BCUT2D eigenvalue weighted by Crippen LogP contribution is 2.31. The summed E-state index contributed by atoms with van der Waals surface area (Å²) in [6.07, 6.45) is -4.32. The van der Waals surface area contributed by atoms with Gasteiger partial charge in [0.25, 0.3) is 0 Å². The zero-order chi connectivity index (χ0) is 15.5. The Morgan fingerprint density at radius 3 is 2.33 bits per heavy atom.